The van der Waals surface area contributed by atoms with E-state index in [0.717, 1.165) is 0 Å². The molecule has 0 saturated heterocycles. The number of hydrogen-bond acceptors (Lipinski definition) is 4. The quantitative estimate of drug-likeness (QED) is 0.686. The number of carbonyl (C=O) groups is 1. The molecule has 88 valence electrons. The third kappa shape index (κ3) is 2.14. The highest BCUT2D eigenvalue weighted by molar-refractivity contribution is 7.13. The zero-order valence-corrected chi connectivity index (χ0v) is 10.6. The van der Waals surface area contributed by atoms with Gasteiger partial charge < -0.3 is 10.5 Å². The van der Waals surface area contributed by atoms with Crippen molar-refractivity contribution in [2.45, 2.75) is 0 Å². The summed E-state index contributed by atoms with van der Waals surface area (Å²) in [6.07, 6.45) is 0. The topological polar surface area (TPSA) is 52.3 Å². The van der Waals surface area contributed by atoms with E-state index in [1.165, 1.54) is 18.4 Å². The highest BCUT2D eigenvalue weighted by Gasteiger charge is 2.18. The van der Waals surface area contributed by atoms with Crippen molar-refractivity contribution in [3.8, 4) is 5.75 Å². The molecule has 0 aliphatic heterocycles. The number of nitrogen functional groups attached to an aromatic ring is 1. The number of ether oxygens (including phenoxy) is 1. The smallest absolute Gasteiger partial charge is 0.206 e. The van der Waals surface area contributed by atoms with Gasteiger partial charge in [0.25, 0.3) is 0 Å². The molecule has 2 N–H and O–H groups in total. The van der Waals surface area contributed by atoms with Crippen LogP contribution in [-0.4, -0.2) is 12.9 Å². The fourth-order valence-corrected chi connectivity index (χ4v) is 2.59. The number of rotatable bonds is 3. The van der Waals surface area contributed by atoms with Gasteiger partial charge in [-0.05, 0) is 23.6 Å². The summed E-state index contributed by atoms with van der Waals surface area (Å²) in [5.74, 6) is 0.310. The predicted molar refractivity (Wildman–Crippen MR) is 70.2 cm³/mol. The van der Waals surface area contributed by atoms with E-state index in [0.29, 0.717) is 26.9 Å². The summed E-state index contributed by atoms with van der Waals surface area (Å²) in [5, 5.41) is 2.22. The second-order valence-corrected chi connectivity index (χ2v) is 4.67. The van der Waals surface area contributed by atoms with Gasteiger partial charge in [0.2, 0.25) is 5.78 Å². The minimum Gasteiger partial charge on any atom is -0.495 e. The van der Waals surface area contributed by atoms with E-state index in [-0.39, 0.29) is 5.78 Å². The molecule has 0 amide bonds. The van der Waals surface area contributed by atoms with Crippen LogP contribution in [0.5, 0.6) is 5.75 Å². The molecule has 0 unspecified atom stereocenters. The summed E-state index contributed by atoms with van der Waals surface area (Å²) in [7, 11) is 1.51. The third-order valence-electron chi connectivity index (χ3n) is 2.35. The lowest BCUT2D eigenvalue weighted by atomic mass is 10.1. The Morgan fingerprint density at radius 2 is 2.18 bits per heavy atom. The lowest BCUT2D eigenvalue weighted by Gasteiger charge is -2.08. The Balaban J connectivity index is 2.48. The standard InChI is InChI=1S/C12H10ClNO2S/c1-16-9-4-2-3-7(10(9)14)11(15)12-8(13)5-6-17-12/h2-6H,14H2,1H3. The number of methoxy groups -OCH3 is 1. The summed E-state index contributed by atoms with van der Waals surface area (Å²) >= 11 is 7.22. The summed E-state index contributed by atoms with van der Waals surface area (Å²) in [4.78, 5) is 12.7. The van der Waals surface area contributed by atoms with Crippen molar-refractivity contribution in [1.82, 2.24) is 0 Å². The van der Waals surface area contributed by atoms with E-state index < -0.39 is 0 Å². The predicted octanol–water partition coefficient (Wildman–Crippen LogP) is 3.22. The molecule has 3 nitrogen and oxygen atoms in total. The van der Waals surface area contributed by atoms with Gasteiger partial charge in [-0.3, -0.25) is 4.79 Å². The van der Waals surface area contributed by atoms with Crippen LogP contribution in [-0.2, 0) is 0 Å². The molecule has 0 saturated carbocycles. The number of thiophene rings is 1. The van der Waals surface area contributed by atoms with E-state index in [4.69, 9.17) is 22.1 Å². The SMILES string of the molecule is COc1cccc(C(=O)c2sccc2Cl)c1N. The minimum atomic E-state index is -0.179. The Morgan fingerprint density at radius 3 is 2.76 bits per heavy atom. The Hall–Kier alpha value is -1.52. The van der Waals surface area contributed by atoms with Crippen LogP contribution in [0.4, 0.5) is 5.69 Å². The molecule has 5 heteroatoms. The fourth-order valence-electron chi connectivity index (χ4n) is 1.50. The molecule has 2 aromatic rings. The van der Waals surface area contributed by atoms with Gasteiger partial charge >= 0.3 is 0 Å². The van der Waals surface area contributed by atoms with Crippen LogP contribution in [0.2, 0.25) is 5.02 Å². The highest BCUT2D eigenvalue weighted by Crippen LogP contribution is 2.30. The molecule has 0 spiro atoms. The molecule has 0 bridgehead atoms. The number of carbonyl (C=O) groups excluding carboxylic acids is 1. The Bertz CT molecular complexity index is 565. The summed E-state index contributed by atoms with van der Waals surface area (Å²) in [6.45, 7) is 0. The number of hydrogen-bond donors (Lipinski definition) is 1. The van der Waals surface area contributed by atoms with Gasteiger partial charge in [-0.2, -0.15) is 0 Å². The van der Waals surface area contributed by atoms with Crippen LogP contribution < -0.4 is 10.5 Å². The molecule has 0 atom stereocenters. The third-order valence-corrected chi connectivity index (χ3v) is 3.69. The maximum absolute atomic E-state index is 12.2. The molecule has 0 aliphatic carbocycles. The van der Waals surface area contributed by atoms with E-state index in [9.17, 15) is 4.79 Å². The van der Waals surface area contributed by atoms with Crippen molar-refractivity contribution in [3.05, 3.63) is 45.1 Å². The normalized spacial score (nSPS) is 10.2. The van der Waals surface area contributed by atoms with Crippen molar-refractivity contribution in [2.75, 3.05) is 12.8 Å². The first-order valence-electron chi connectivity index (χ1n) is 4.85. The van der Waals surface area contributed by atoms with Crippen LogP contribution in [0.1, 0.15) is 15.2 Å². The van der Waals surface area contributed by atoms with Gasteiger partial charge in [-0.25, -0.2) is 0 Å². The lowest BCUT2D eigenvalue weighted by molar-refractivity contribution is 0.104. The zero-order chi connectivity index (χ0) is 12.4. The Labute approximate surface area is 108 Å². The van der Waals surface area contributed by atoms with Crippen molar-refractivity contribution >= 4 is 34.4 Å². The molecule has 1 aromatic carbocycles. The van der Waals surface area contributed by atoms with Gasteiger partial charge in [0.05, 0.1) is 28.3 Å². The molecular weight excluding hydrogens is 258 g/mol. The summed E-state index contributed by atoms with van der Waals surface area (Å²) in [6, 6.07) is 6.79. The molecule has 1 heterocycles. The first-order valence-corrected chi connectivity index (χ1v) is 6.11. The maximum Gasteiger partial charge on any atom is 0.206 e. The average Bonchev–Trinajstić information content (AvgIpc) is 2.75. The first-order chi connectivity index (χ1) is 8.15. The minimum absolute atomic E-state index is 0.179. The molecule has 0 radical (unpaired) electrons. The monoisotopic (exact) mass is 267 g/mol. The van der Waals surface area contributed by atoms with E-state index >= 15 is 0 Å². The van der Waals surface area contributed by atoms with Crippen molar-refractivity contribution in [3.63, 3.8) is 0 Å². The summed E-state index contributed by atoms with van der Waals surface area (Å²) < 4.78 is 5.08. The van der Waals surface area contributed by atoms with Gasteiger partial charge in [-0.15, -0.1) is 11.3 Å². The number of benzene rings is 1. The Morgan fingerprint density at radius 1 is 1.41 bits per heavy atom. The van der Waals surface area contributed by atoms with Gasteiger partial charge in [0.15, 0.2) is 0 Å². The first kappa shape index (κ1) is 12.0. The van der Waals surface area contributed by atoms with Crippen molar-refractivity contribution in [1.29, 1.82) is 0 Å². The van der Waals surface area contributed by atoms with E-state index in [1.54, 1.807) is 29.6 Å². The molecule has 1 aromatic heterocycles. The number of ketones is 1. The maximum atomic E-state index is 12.2. The number of halogens is 1. The van der Waals surface area contributed by atoms with Gasteiger partial charge in [0, 0.05) is 0 Å². The number of nitrogens with two attached hydrogens (primary N) is 1. The molecule has 0 fully saturated rings. The second-order valence-electron chi connectivity index (χ2n) is 3.35. The summed E-state index contributed by atoms with van der Waals surface area (Å²) in [5.41, 5.74) is 6.61. The lowest BCUT2D eigenvalue weighted by Crippen LogP contribution is -2.05. The largest absolute Gasteiger partial charge is 0.495 e. The van der Waals surface area contributed by atoms with Crippen LogP contribution in [0.25, 0.3) is 0 Å². The zero-order valence-electron chi connectivity index (χ0n) is 9.07. The number of anilines is 1. The second kappa shape index (κ2) is 4.77. The van der Waals surface area contributed by atoms with Crippen LogP contribution >= 0.6 is 22.9 Å². The average molecular weight is 268 g/mol. The van der Waals surface area contributed by atoms with Crippen LogP contribution in [0.15, 0.2) is 29.6 Å². The van der Waals surface area contributed by atoms with Crippen molar-refractivity contribution < 1.29 is 9.53 Å². The highest BCUT2D eigenvalue weighted by atomic mass is 35.5. The molecule has 17 heavy (non-hydrogen) atoms. The van der Waals surface area contributed by atoms with E-state index in [2.05, 4.69) is 0 Å². The molecule has 0 aliphatic rings. The van der Waals surface area contributed by atoms with Crippen LogP contribution in [0, 0.1) is 0 Å². The molecule has 2 rings (SSSR count). The van der Waals surface area contributed by atoms with Crippen molar-refractivity contribution in [2.24, 2.45) is 0 Å². The van der Waals surface area contributed by atoms with Gasteiger partial charge in [0.1, 0.15) is 5.75 Å². The number of para-hydroxylation sites is 1. The van der Waals surface area contributed by atoms with E-state index in [1.807, 2.05) is 0 Å². The fraction of sp³-hybridized carbons (Fsp3) is 0.0833. The Kier molecular flexibility index (Phi) is 3.36. The molecular formula is C12H10ClNO2S. The van der Waals surface area contributed by atoms with Crippen LogP contribution in [0.3, 0.4) is 0 Å². The van der Waals surface area contributed by atoms with Gasteiger partial charge in [-0.1, -0.05) is 17.7 Å².